The Hall–Kier alpha value is -6.53. The number of aromatic nitrogens is 2. The van der Waals surface area contributed by atoms with Crippen LogP contribution in [0.2, 0.25) is 0 Å². The van der Waals surface area contributed by atoms with E-state index < -0.39 is 5.79 Å². The van der Waals surface area contributed by atoms with Crippen molar-refractivity contribution in [3.05, 3.63) is 187 Å². The molecule has 256 valence electrons. The normalized spacial score (nSPS) is 13.3. The molecule has 7 aromatic rings. The van der Waals surface area contributed by atoms with E-state index in [9.17, 15) is 0 Å². The quantitative estimate of drug-likeness (QED) is 0.142. The minimum atomic E-state index is -1.15. The van der Waals surface area contributed by atoms with Crippen molar-refractivity contribution in [1.29, 1.82) is 0 Å². The van der Waals surface area contributed by atoms with E-state index in [4.69, 9.17) is 14.5 Å². The number of hydrogen-bond donors (Lipinski definition) is 2. The molecule has 0 saturated carbocycles. The van der Waals surface area contributed by atoms with Crippen LogP contribution in [0.25, 0.3) is 45.3 Å². The van der Waals surface area contributed by atoms with Gasteiger partial charge in [-0.2, -0.15) is 0 Å². The SMILES string of the molecule is CCOc1ccccc1-c1nc(-c2ccccc2)c(-c2ccccc2)n1C1(c2ccccc2OCC)NC(c2ccccc2)=C(c2ccccc2)N1. The van der Waals surface area contributed by atoms with Crippen LogP contribution in [0.3, 0.4) is 0 Å². The minimum Gasteiger partial charge on any atom is -0.493 e. The molecule has 0 unspecified atom stereocenters. The zero-order valence-electron chi connectivity index (χ0n) is 29.3. The van der Waals surface area contributed by atoms with Crippen molar-refractivity contribution in [3.8, 4) is 45.4 Å². The molecule has 0 saturated heterocycles. The van der Waals surface area contributed by atoms with Crippen molar-refractivity contribution in [1.82, 2.24) is 20.2 Å². The number of rotatable bonds is 11. The maximum absolute atomic E-state index is 6.47. The molecule has 1 aliphatic rings. The summed E-state index contributed by atoms with van der Waals surface area (Å²) in [6.45, 7) is 5.05. The Bertz CT molecular complexity index is 2270. The number of hydrogen-bond acceptors (Lipinski definition) is 5. The predicted molar refractivity (Wildman–Crippen MR) is 210 cm³/mol. The smallest absolute Gasteiger partial charge is 0.224 e. The van der Waals surface area contributed by atoms with Gasteiger partial charge in [0, 0.05) is 11.1 Å². The van der Waals surface area contributed by atoms with Gasteiger partial charge in [0.1, 0.15) is 17.3 Å². The number of para-hydroxylation sites is 2. The van der Waals surface area contributed by atoms with E-state index in [0.29, 0.717) is 13.2 Å². The minimum absolute atomic E-state index is 0.502. The van der Waals surface area contributed by atoms with E-state index in [0.717, 1.165) is 73.5 Å². The van der Waals surface area contributed by atoms with Crippen LogP contribution in [-0.4, -0.2) is 22.8 Å². The Morgan fingerprint density at radius 3 is 1.50 bits per heavy atom. The van der Waals surface area contributed by atoms with Crippen molar-refractivity contribution >= 4 is 11.4 Å². The first-order valence-electron chi connectivity index (χ1n) is 17.8. The summed E-state index contributed by atoms with van der Waals surface area (Å²) in [4.78, 5) is 5.60. The highest BCUT2D eigenvalue weighted by Gasteiger charge is 2.48. The topological polar surface area (TPSA) is 60.3 Å². The van der Waals surface area contributed by atoms with Crippen molar-refractivity contribution < 1.29 is 9.47 Å². The maximum atomic E-state index is 6.47. The lowest BCUT2D eigenvalue weighted by Gasteiger charge is -2.38. The monoisotopic (exact) mass is 680 g/mol. The van der Waals surface area contributed by atoms with Crippen molar-refractivity contribution in [3.63, 3.8) is 0 Å². The molecular formula is C46H40N4O2. The average Bonchev–Trinajstić information content (AvgIpc) is 3.81. The van der Waals surface area contributed by atoms with Gasteiger partial charge in [-0.1, -0.05) is 146 Å². The van der Waals surface area contributed by atoms with Gasteiger partial charge >= 0.3 is 0 Å². The lowest BCUT2D eigenvalue weighted by molar-refractivity contribution is 0.275. The molecule has 8 rings (SSSR count). The van der Waals surface area contributed by atoms with E-state index >= 15 is 0 Å². The molecule has 0 spiro atoms. The average molecular weight is 681 g/mol. The lowest BCUT2D eigenvalue weighted by atomic mass is 10.0. The third kappa shape index (κ3) is 5.88. The number of ether oxygens (including phenoxy) is 2. The fourth-order valence-corrected chi connectivity index (χ4v) is 7.09. The molecule has 0 atom stereocenters. The van der Waals surface area contributed by atoms with E-state index in [1.54, 1.807) is 0 Å². The van der Waals surface area contributed by atoms with Crippen molar-refractivity contribution in [2.45, 2.75) is 19.6 Å². The maximum Gasteiger partial charge on any atom is 0.224 e. The Labute approximate surface area is 305 Å². The highest BCUT2D eigenvalue weighted by atomic mass is 16.5. The summed E-state index contributed by atoms with van der Waals surface area (Å²) in [6.07, 6.45) is 0. The summed E-state index contributed by atoms with van der Waals surface area (Å²) >= 11 is 0. The highest BCUT2D eigenvalue weighted by molar-refractivity contribution is 5.93. The first kappa shape index (κ1) is 32.7. The molecule has 1 aliphatic heterocycles. The summed E-state index contributed by atoms with van der Waals surface area (Å²) in [5.41, 5.74) is 9.57. The van der Waals surface area contributed by atoms with Crippen LogP contribution in [0.15, 0.2) is 170 Å². The van der Waals surface area contributed by atoms with E-state index in [-0.39, 0.29) is 0 Å². The van der Waals surface area contributed by atoms with Gasteiger partial charge in [0.2, 0.25) is 5.79 Å². The molecule has 52 heavy (non-hydrogen) atoms. The fourth-order valence-electron chi connectivity index (χ4n) is 7.09. The van der Waals surface area contributed by atoms with Gasteiger partial charge in [0.05, 0.1) is 47.1 Å². The van der Waals surface area contributed by atoms with Crippen LogP contribution in [0.1, 0.15) is 30.5 Å². The Kier molecular flexibility index (Phi) is 9.03. The number of benzene rings is 6. The Morgan fingerprint density at radius 2 is 0.942 bits per heavy atom. The second kappa shape index (κ2) is 14.4. The number of imidazole rings is 1. The summed E-state index contributed by atoms with van der Waals surface area (Å²) < 4.78 is 15.1. The van der Waals surface area contributed by atoms with Crippen LogP contribution < -0.4 is 20.1 Å². The molecule has 6 heteroatoms. The molecule has 0 radical (unpaired) electrons. The zero-order valence-corrected chi connectivity index (χ0v) is 29.3. The first-order chi connectivity index (χ1) is 25.7. The fraction of sp³-hybridized carbons (Fsp3) is 0.109. The van der Waals surface area contributed by atoms with Gasteiger partial charge in [-0.25, -0.2) is 4.98 Å². The van der Waals surface area contributed by atoms with Gasteiger partial charge < -0.3 is 20.1 Å². The van der Waals surface area contributed by atoms with Gasteiger partial charge in [0.15, 0.2) is 0 Å². The van der Waals surface area contributed by atoms with Crippen LogP contribution >= 0.6 is 0 Å². The van der Waals surface area contributed by atoms with E-state index in [1.165, 1.54) is 0 Å². The number of nitrogens with zero attached hydrogens (tertiary/aromatic N) is 2. The summed E-state index contributed by atoms with van der Waals surface area (Å²) in [5.74, 6) is 1.09. The Balaban J connectivity index is 1.54. The molecular weight excluding hydrogens is 641 g/mol. The largest absolute Gasteiger partial charge is 0.493 e. The second-order valence-corrected chi connectivity index (χ2v) is 12.5. The molecule has 0 bridgehead atoms. The van der Waals surface area contributed by atoms with Crippen molar-refractivity contribution in [2.75, 3.05) is 13.2 Å². The summed E-state index contributed by atoms with van der Waals surface area (Å²) in [5, 5.41) is 8.22. The van der Waals surface area contributed by atoms with Gasteiger partial charge in [-0.15, -0.1) is 0 Å². The lowest BCUT2D eigenvalue weighted by Crippen LogP contribution is -2.54. The van der Waals surface area contributed by atoms with E-state index in [2.05, 4.69) is 130 Å². The molecule has 6 aromatic carbocycles. The molecule has 0 aliphatic carbocycles. The molecule has 6 nitrogen and oxygen atoms in total. The van der Waals surface area contributed by atoms with Gasteiger partial charge in [-0.3, -0.25) is 4.57 Å². The molecule has 2 heterocycles. The molecule has 1 aromatic heterocycles. The van der Waals surface area contributed by atoms with Crippen LogP contribution in [-0.2, 0) is 5.79 Å². The van der Waals surface area contributed by atoms with Crippen LogP contribution in [0.5, 0.6) is 11.5 Å². The highest BCUT2D eigenvalue weighted by Crippen LogP contribution is 2.48. The first-order valence-corrected chi connectivity index (χ1v) is 17.8. The van der Waals surface area contributed by atoms with Crippen LogP contribution in [0, 0.1) is 0 Å². The van der Waals surface area contributed by atoms with Gasteiger partial charge in [-0.05, 0) is 49.2 Å². The van der Waals surface area contributed by atoms with Crippen molar-refractivity contribution in [2.24, 2.45) is 0 Å². The predicted octanol–water partition coefficient (Wildman–Crippen LogP) is 10.1. The summed E-state index contributed by atoms with van der Waals surface area (Å²) in [6, 6.07) is 58.3. The molecule has 0 amide bonds. The summed E-state index contributed by atoms with van der Waals surface area (Å²) in [7, 11) is 0. The zero-order chi connectivity index (χ0) is 35.3. The number of nitrogens with one attached hydrogen (secondary N) is 2. The third-order valence-electron chi connectivity index (χ3n) is 9.30. The van der Waals surface area contributed by atoms with Gasteiger partial charge in [0.25, 0.3) is 0 Å². The third-order valence-corrected chi connectivity index (χ3v) is 9.30. The van der Waals surface area contributed by atoms with E-state index in [1.807, 2.05) is 68.4 Å². The molecule has 2 N–H and O–H groups in total. The van der Waals surface area contributed by atoms with Crippen LogP contribution in [0.4, 0.5) is 0 Å². The standard InChI is InChI=1S/C46H40N4O2/c1-3-51-39-31-19-17-29-37(39)45-47-43(35-25-13-7-14-26-35)44(36-27-15-8-16-28-36)50(45)46(38-30-18-20-32-40(38)52-4-2)48-41(33-21-9-5-10-22-33)42(49-46)34-23-11-6-12-24-34/h5-32,48-49H,3-4H2,1-2H3. The molecule has 0 fully saturated rings. The Morgan fingerprint density at radius 1 is 0.500 bits per heavy atom. The second-order valence-electron chi connectivity index (χ2n) is 12.5.